The Labute approximate surface area is 304 Å². The molecule has 4 aliphatic rings. The normalized spacial score (nSPS) is 27.5. The van der Waals surface area contributed by atoms with Gasteiger partial charge >= 0.3 is 16.3 Å². The molecule has 0 spiro atoms. The van der Waals surface area contributed by atoms with E-state index in [0.29, 0.717) is 44.7 Å². The molecule has 3 fully saturated rings. The minimum atomic E-state index is -4.14. The second-order valence-electron chi connectivity index (χ2n) is 15.1. The average Bonchev–Trinajstić information content (AvgIpc) is 3.67. The summed E-state index contributed by atoms with van der Waals surface area (Å²) in [4.78, 5) is 61.3. The van der Waals surface area contributed by atoms with Crippen molar-refractivity contribution in [2.75, 3.05) is 26.2 Å². The van der Waals surface area contributed by atoms with Crippen molar-refractivity contribution in [3.63, 3.8) is 0 Å². The summed E-state index contributed by atoms with van der Waals surface area (Å²) in [6.45, 7) is 9.90. The summed E-state index contributed by atoms with van der Waals surface area (Å²) in [7, 11) is -4.14. The molecule has 4 heterocycles. The monoisotopic (exact) mass is 736 g/mol. The first-order valence-corrected chi connectivity index (χ1v) is 19.4. The molecule has 1 saturated carbocycles. The van der Waals surface area contributed by atoms with Crippen LogP contribution in [-0.2, 0) is 29.3 Å². The van der Waals surface area contributed by atoms with E-state index in [-0.39, 0.29) is 26.0 Å². The highest BCUT2D eigenvalue weighted by Gasteiger charge is 2.62. The number of ether oxygens (including phenoxy) is 2. The summed E-state index contributed by atoms with van der Waals surface area (Å²) in [5, 5.41) is 7.20. The Kier molecular flexibility index (Phi) is 10.6. The van der Waals surface area contributed by atoms with Crippen molar-refractivity contribution in [2.24, 2.45) is 11.3 Å². The van der Waals surface area contributed by atoms with Crippen LogP contribution in [0.15, 0.2) is 49.2 Å². The number of hydrogen-bond acceptors (Lipinski definition) is 9. The first-order valence-electron chi connectivity index (χ1n) is 17.9. The number of piperidine rings is 1. The lowest BCUT2D eigenvalue weighted by Gasteiger charge is -2.35. The molecule has 0 radical (unpaired) electrons. The minimum absolute atomic E-state index is 0.0225. The number of rotatable bonds is 6. The average molecular weight is 737 g/mol. The van der Waals surface area contributed by atoms with Crippen LogP contribution in [0.25, 0.3) is 16.8 Å². The molecule has 52 heavy (non-hydrogen) atoms. The Bertz CT molecular complexity index is 1870. The van der Waals surface area contributed by atoms with Crippen LogP contribution in [0.2, 0.25) is 0 Å². The zero-order valence-electron chi connectivity index (χ0n) is 29.9. The van der Waals surface area contributed by atoms with Crippen LogP contribution < -0.4 is 20.1 Å². The molecule has 0 unspecified atom stereocenters. The van der Waals surface area contributed by atoms with Gasteiger partial charge < -0.3 is 25.0 Å². The van der Waals surface area contributed by atoms with E-state index in [2.05, 4.69) is 26.9 Å². The number of nitrogens with zero attached hydrogens (tertiary/aromatic N) is 3. The Hall–Kier alpha value is -4.50. The second kappa shape index (κ2) is 14.9. The number of alkyl carbamates (subject to hydrolysis) is 1. The number of pyridine rings is 1. The third-order valence-electron chi connectivity index (χ3n) is 10.2. The fraction of sp³-hybridized carbons (Fsp3) is 0.541. The molecule has 1 aliphatic carbocycles. The first kappa shape index (κ1) is 37.3. The zero-order chi connectivity index (χ0) is 37.3. The lowest BCUT2D eigenvalue weighted by atomic mass is 9.85. The third-order valence-corrected chi connectivity index (χ3v) is 11.7. The van der Waals surface area contributed by atoms with E-state index < -0.39 is 69.1 Å². The van der Waals surface area contributed by atoms with Crippen molar-refractivity contribution < 1.29 is 37.1 Å². The number of benzene rings is 1. The predicted molar refractivity (Wildman–Crippen MR) is 194 cm³/mol. The lowest BCUT2D eigenvalue weighted by Crippen LogP contribution is -2.60. The number of fused-ring (bicyclic) bond motifs is 3. The van der Waals surface area contributed by atoms with Crippen molar-refractivity contribution in [3.8, 4) is 5.88 Å². The van der Waals surface area contributed by atoms with Crippen LogP contribution >= 0.6 is 0 Å². The Morgan fingerprint density at radius 3 is 2.60 bits per heavy atom. The molecular weight excluding hydrogens is 689 g/mol. The molecular formula is C37H48N6O8S. The van der Waals surface area contributed by atoms with Gasteiger partial charge in [0.2, 0.25) is 17.7 Å². The second-order valence-corrected chi connectivity index (χ2v) is 16.8. The largest absolute Gasteiger partial charge is 0.472 e. The summed E-state index contributed by atoms with van der Waals surface area (Å²) < 4.78 is 41.6. The van der Waals surface area contributed by atoms with Crippen LogP contribution in [0, 0.1) is 11.3 Å². The summed E-state index contributed by atoms with van der Waals surface area (Å²) in [6.07, 6.45) is 9.35. The number of amides is 4. The molecule has 1 aromatic heterocycles. The van der Waals surface area contributed by atoms with Gasteiger partial charge in [-0.25, -0.2) is 14.5 Å². The zero-order valence-corrected chi connectivity index (χ0v) is 30.7. The topological polar surface area (TPSA) is 176 Å². The van der Waals surface area contributed by atoms with E-state index in [4.69, 9.17) is 9.47 Å². The van der Waals surface area contributed by atoms with E-state index in [1.54, 1.807) is 27.0 Å². The maximum Gasteiger partial charge on any atom is 0.407 e. The van der Waals surface area contributed by atoms with Crippen LogP contribution in [0.3, 0.4) is 0 Å². The van der Waals surface area contributed by atoms with Crippen molar-refractivity contribution in [1.29, 1.82) is 0 Å². The fourth-order valence-corrected chi connectivity index (χ4v) is 8.45. The molecule has 14 nitrogen and oxygen atoms in total. The molecule has 3 N–H and O–H groups in total. The van der Waals surface area contributed by atoms with Gasteiger partial charge in [-0.3, -0.25) is 14.4 Å². The van der Waals surface area contributed by atoms with Gasteiger partial charge in [0.1, 0.15) is 23.7 Å². The van der Waals surface area contributed by atoms with Crippen molar-refractivity contribution in [3.05, 3.63) is 54.8 Å². The van der Waals surface area contributed by atoms with Crippen LogP contribution in [0.1, 0.15) is 71.3 Å². The highest BCUT2D eigenvalue weighted by atomic mass is 32.2. The van der Waals surface area contributed by atoms with Crippen LogP contribution in [0.5, 0.6) is 5.88 Å². The van der Waals surface area contributed by atoms with Crippen LogP contribution in [0.4, 0.5) is 4.79 Å². The maximum absolute atomic E-state index is 14.5. The van der Waals surface area contributed by atoms with E-state index in [1.807, 2.05) is 36.4 Å². The van der Waals surface area contributed by atoms with Crippen molar-refractivity contribution >= 4 is 50.9 Å². The lowest BCUT2D eigenvalue weighted by molar-refractivity contribution is -0.142. The van der Waals surface area contributed by atoms with Gasteiger partial charge in [0.15, 0.2) is 0 Å². The number of hydrogen-bond donors (Lipinski definition) is 3. The molecule has 6 rings (SSSR count). The molecule has 1 aromatic carbocycles. The molecule has 5 atom stereocenters. The van der Waals surface area contributed by atoms with E-state index in [0.717, 1.165) is 22.8 Å². The van der Waals surface area contributed by atoms with Gasteiger partial charge in [-0.15, -0.1) is 6.58 Å². The smallest absolute Gasteiger partial charge is 0.407 e. The van der Waals surface area contributed by atoms with Crippen molar-refractivity contribution in [2.45, 2.75) is 89.4 Å². The van der Waals surface area contributed by atoms with Gasteiger partial charge in [-0.1, -0.05) is 57.6 Å². The Morgan fingerprint density at radius 1 is 1.12 bits per heavy atom. The van der Waals surface area contributed by atoms with Crippen LogP contribution in [-0.4, -0.2) is 96.4 Å². The van der Waals surface area contributed by atoms with Gasteiger partial charge in [0.05, 0.1) is 13.2 Å². The SMILES string of the molecule is C=C[C@@H]1C[C@]1(NC(=O)[C@@H]1C[C@H]2CN1C(=O)[C@H](C(C)(C)C)NC(=O)OCCCC=Cc1ccc3ccnc(c3c1)O2)C(=O)NS(=O)(=O)N1CCCCC1. The summed E-state index contributed by atoms with van der Waals surface area (Å²) in [5.74, 6) is -2.24. The maximum atomic E-state index is 14.5. The molecule has 15 heteroatoms. The predicted octanol–water partition coefficient (Wildman–Crippen LogP) is 3.44. The van der Waals surface area contributed by atoms with E-state index in [1.165, 1.54) is 15.3 Å². The summed E-state index contributed by atoms with van der Waals surface area (Å²) in [6, 6.07) is 5.56. The Morgan fingerprint density at radius 2 is 1.88 bits per heavy atom. The number of cyclic esters (lactones) is 1. The molecule has 4 amide bonds. The fourth-order valence-electron chi connectivity index (χ4n) is 7.16. The highest BCUT2D eigenvalue weighted by molar-refractivity contribution is 7.87. The van der Waals surface area contributed by atoms with Gasteiger partial charge in [-0.05, 0) is 60.6 Å². The third kappa shape index (κ3) is 7.94. The Balaban J connectivity index is 1.31. The summed E-state index contributed by atoms with van der Waals surface area (Å²) >= 11 is 0. The standard InChI is InChI=1S/C37H48N6O8S/c1-5-26-22-37(26,34(46)41-52(48,49)42-17-9-7-10-18-42)40-31(44)29-21-27-23-43(29)33(45)30(36(2,3)4)39-35(47)50-19-11-6-8-12-24-13-14-25-15-16-38-32(51-27)28(25)20-24/h5,8,12-16,20,26-27,29-30H,1,6-7,9-11,17-19,21-23H2,2-4H3,(H,39,47)(H,40,44)(H,41,46)/t26-,27+,29+,30-,37-/m1/s1. The number of aromatic nitrogens is 1. The molecule has 280 valence electrons. The molecule has 2 saturated heterocycles. The quantitative estimate of drug-likeness (QED) is 0.375. The number of allylic oxidation sites excluding steroid dienone is 1. The van der Waals surface area contributed by atoms with E-state index >= 15 is 0 Å². The van der Waals surface area contributed by atoms with Gasteiger partial charge in [0, 0.05) is 37.0 Å². The first-order chi connectivity index (χ1) is 24.7. The van der Waals surface area contributed by atoms with E-state index in [9.17, 15) is 27.6 Å². The van der Waals surface area contributed by atoms with Gasteiger partial charge in [-0.2, -0.15) is 12.7 Å². The van der Waals surface area contributed by atoms with Crippen molar-refractivity contribution in [1.82, 2.24) is 29.5 Å². The minimum Gasteiger partial charge on any atom is -0.472 e. The summed E-state index contributed by atoms with van der Waals surface area (Å²) in [5.41, 5.74) is -1.44. The highest BCUT2D eigenvalue weighted by Crippen LogP contribution is 2.45. The number of carbonyl (C=O) groups excluding carboxylic acids is 4. The molecule has 4 bridgehead atoms. The molecule has 3 aliphatic heterocycles. The number of nitrogens with one attached hydrogen (secondary N) is 3. The number of carbonyl (C=O) groups is 4. The van der Waals surface area contributed by atoms with Gasteiger partial charge in [0.25, 0.3) is 5.91 Å². The molecule has 2 aromatic rings.